The second-order valence-electron chi connectivity index (χ2n) is 10.00. The van der Waals surface area contributed by atoms with Crippen LogP contribution in [0.15, 0.2) is 47.7 Å². The van der Waals surface area contributed by atoms with Crippen LogP contribution in [0.5, 0.6) is 11.5 Å². The second kappa shape index (κ2) is 13.4. The summed E-state index contributed by atoms with van der Waals surface area (Å²) in [5.74, 6) is -1.11. The lowest BCUT2D eigenvalue weighted by Crippen LogP contribution is -2.43. The lowest BCUT2D eigenvalue weighted by molar-refractivity contribution is -0.118. The van der Waals surface area contributed by atoms with Crippen molar-refractivity contribution in [1.82, 2.24) is 19.6 Å². The molecule has 0 saturated heterocycles. The van der Waals surface area contributed by atoms with Crippen LogP contribution in [-0.4, -0.2) is 86.7 Å². The Balaban J connectivity index is 1.66. The molecule has 0 aliphatic carbocycles. The fourth-order valence-electron chi connectivity index (χ4n) is 4.35. The predicted molar refractivity (Wildman–Crippen MR) is 152 cm³/mol. The molecule has 3 aromatic rings. The number of anilines is 2. The molecule has 2 heterocycles. The van der Waals surface area contributed by atoms with E-state index in [2.05, 4.69) is 32.3 Å². The number of methoxy groups -OCH3 is 1. The Morgan fingerprint density at radius 1 is 1.15 bits per heavy atom. The molecule has 1 aliphatic heterocycles. The van der Waals surface area contributed by atoms with Gasteiger partial charge >= 0.3 is 0 Å². The van der Waals surface area contributed by atoms with Crippen molar-refractivity contribution in [2.24, 2.45) is 10.7 Å². The standard InChI is InChI=1S/C28H36F2N8O3/c1-35(2)10-11-36(3)9-6-12-41-25-14-22-20(13-24(25)40-4)28(34-19-15-33-37(16-19)17-26(31)39)38(18-32-22)23-8-5-7-21(29)27(23)30/h5,7-8,13-16,34H,6,9-12,17-18H2,1-4H3,(H2,31,39). The molecular weight excluding hydrogens is 534 g/mol. The predicted octanol–water partition coefficient (Wildman–Crippen LogP) is 1.19. The van der Waals surface area contributed by atoms with Crippen LogP contribution in [-0.2, 0) is 11.3 Å². The zero-order chi connectivity index (χ0) is 29.5. The van der Waals surface area contributed by atoms with Gasteiger partial charge in [0, 0.05) is 37.1 Å². The molecule has 0 bridgehead atoms. The second-order valence-corrected chi connectivity index (χ2v) is 10.00. The van der Waals surface area contributed by atoms with Crippen LogP contribution in [0.4, 0.5) is 20.2 Å². The van der Waals surface area contributed by atoms with Gasteiger partial charge < -0.3 is 35.2 Å². The number of hydrogen-bond acceptors (Lipinski definition) is 9. The number of halogens is 2. The third-order valence-corrected chi connectivity index (χ3v) is 6.50. The molecule has 0 unspecified atom stereocenters. The zero-order valence-electron chi connectivity index (χ0n) is 23.7. The first-order chi connectivity index (χ1) is 19.7. The fraction of sp³-hybridized carbons (Fsp3) is 0.393. The van der Waals surface area contributed by atoms with Crippen molar-refractivity contribution in [1.29, 1.82) is 0 Å². The maximum atomic E-state index is 14.9. The van der Waals surface area contributed by atoms with Crippen LogP contribution < -0.4 is 36.0 Å². The Morgan fingerprint density at radius 2 is 1.95 bits per heavy atom. The van der Waals surface area contributed by atoms with Gasteiger partial charge in [-0.1, -0.05) is 6.07 Å². The van der Waals surface area contributed by atoms with Crippen LogP contribution in [0.25, 0.3) is 5.82 Å². The van der Waals surface area contributed by atoms with E-state index in [0.29, 0.717) is 40.2 Å². The summed E-state index contributed by atoms with van der Waals surface area (Å²) in [7, 11) is 7.71. The molecule has 1 amide bonds. The molecule has 41 heavy (non-hydrogen) atoms. The molecule has 1 aliphatic rings. The summed E-state index contributed by atoms with van der Waals surface area (Å²) < 4.78 is 42.2. The molecule has 13 heteroatoms. The highest BCUT2D eigenvalue weighted by atomic mass is 19.2. The van der Waals surface area contributed by atoms with Gasteiger partial charge in [0.05, 0.1) is 36.6 Å². The number of fused-ring (bicyclic) bond motifs is 1. The molecular formula is C28H36F2N8O3. The van der Waals surface area contributed by atoms with Crippen molar-refractivity contribution < 1.29 is 23.0 Å². The summed E-state index contributed by atoms with van der Waals surface area (Å²) in [5.41, 5.74) is 5.80. The maximum absolute atomic E-state index is 14.9. The number of nitrogens with one attached hydrogen (secondary N) is 1. The summed E-state index contributed by atoms with van der Waals surface area (Å²) in [5, 5.41) is 8.54. The summed E-state index contributed by atoms with van der Waals surface area (Å²) in [6, 6.07) is 7.49. The molecule has 0 radical (unpaired) electrons. The van der Waals surface area contributed by atoms with E-state index in [-0.39, 0.29) is 18.9 Å². The monoisotopic (exact) mass is 570 g/mol. The van der Waals surface area contributed by atoms with Crippen molar-refractivity contribution in [2.45, 2.75) is 13.0 Å². The first-order valence-electron chi connectivity index (χ1n) is 13.2. The molecule has 0 atom stereocenters. The van der Waals surface area contributed by atoms with Gasteiger partial charge in [-0.15, -0.1) is 0 Å². The van der Waals surface area contributed by atoms with Crippen molar-refractivity contribution in [3.05, 3.63) is 64.9 Å². The van der Waals surface area contributed by atoms with Crippen molar-refractivity contribution >= 4 is 23.1 Å². The largest absolute Gasteiger partial charge is 0.493 e. The van der Waals surface area contributed by atoms with Crippen LogP contribution in [0.1, 0.15) is 6.42 Å². The SMILES string of the molecule is COc1cc2c(cc1OCCCN(C)CCN(C)C)=NCN(c1cccc(F)c1F)C=2Nc1cnn(CC(N)=O)c1. The lowest BCUT2D eigenvalue weighted by Gasteiger charge is -2.29. The number of ether oxygens (including phenoxy) is 2. The van der Waals surface area contributed by atoms with E-state index in [1.165, 1.54) is 35.0 Å². The van der Waals surface area contributed by atoms with Crippen LogP contribution in [0, 0.1) is 11.6 Å². The minimum atomic E-state index is -1.00. The summed E-state index contributed by atoms with van der Waals surface area (Å²) in [6.45, 7) is 3.20. The Kier molecular flexibility index (Phi) is 9.73. The Labute approximate surface area is 237 Å². The Bertz CT molecular complexity index is 1490. The van der Waals surface area contributed by atoms with E-state index in [1.807, 2.05) is 14.1 Å². The molecule has 0 fully saturated rings. The topological polar surface area (TPSA) is 113 Å². The Hall–Kier alpha value is -4.23. The number of rotatable bonds is 14. The summed E-state index contributed by atoms with van der Waals surface area (Å²) in [6.07, 6.45) is 3.92. The average molecular weight is 571 g/mol. The first kappa shape index (κ1) is 29.7. The van der Waals surface area contributed by atoms with E-state index in [4.69, 9.17) is 15.2 Å². The third-order valence-electron chi connectivity index (χ3n) is 6.50. The maximum Gasteiger partial charge on any atom is 0.239 e. The number of aromatic nitrogens is 2. The number of primary amides is 1. The molecule has 220 valence electrons. The number of benzene rings is 2. The number of hydrogen-bond donors (Lipinski definition) is 2. The zero-order valence-corrected chi connectivity index (χ0v) is 23.7. The minimum absolute atomic E-state index is 0.00380. The van der Waals surface area contributed by atoms with Crippen molar-refractivity contribution in [3.63, 3.8) is 0 Å². The molecule has 3 N–H and O–H groups in total. The highest BCUT2D eigenvalue weighted by molar-refractivity contribution is 5.78. The van der Waals surface area contributed by atoms with Gasteiger partial charge in [0.2, 0.25) is 5.91 Å². The van der Waals surface area contributed by atoms with E-state index < -0.39 is 17.5 Å². The average Bonchev–Trinajstić information content (AvgIpc) is 3.37. The molecule has 4 rings (SSSR count). The van der Waals surface area contributed by atoms with Crippen molar-refractivity contribution in [3.8, 4) is 11.5 Å². The number of carbonyl (C=O) groups excluding carboxylic acids is 1. The molecule has 0 spiro atoms. The minimum Gasteiger partial charge on any atom is -0.493 e. The highest BCUT2D eigenvalue weighted by Crippen LogP contribution is 2.28. The molecule has 1 aromatic heterocycles. The van der Waals surface area contributed by atoms with Crippen LogP contribution in [0.2, 0.25) is 0 Å². The third kappa shape index (κ3) is 7.50. The van der Waals surface area contributed by atoms with Gasteiger partial charge in [0.15, 0.2) is 23.1 Å². The van der Waals surface area contributed by atoms with Gasteiger partial charge in [-0.05, 0) is 45.8 Å². The van der Waals surface area contributed by atoms with E-state index in [1.54, 1.807) is 18.3 Å². The van der Waals surface area contributed by atoms with Gasteiger partial charge in [-0.25, -0.2) is 8.78 Å². The number of amides is 1. The lowest BCUT2D eigenvalue weighted by atomic mass is 10.2. The van der Waals surface area contributed by atoms with Gasteiger partial charge in [0.1, 0.15) is 19.0 Å². The number of nitrogens with two attached hydrogens (primary N) is 1. The molecule has 11 nitrogen and oxygen atoms in total. The normalized spacial score (nSPS) is 12.9. The Morgan fingerprint density at radius 3 is 2.68 bits per heavy atom. The quantitative estimate of drug-likeness (QED) is 0.278. The van der Waals surface area contributed by atoms with E-state index in [0.717, 1.165) is 32.1 Å². The highest BCUT2D eigenvalue weighted by Gasteiger charge is 2.23. The number of nitrogens with zero attached hydrogens (tertiary/aromatic N) is 6. The molecule has 0 saturated carbocycles. The first-order valence-corrected chi connectivity index (χ1v) is 13.2. The van der Waals surface area contributed by atoms with Crippen LogP contribution >= 0.6 is 0 Å². The van der Waals surface area contributed by atoms with E-state index in [9.17, 15) is 13.6 Å². The fourth-order valence-corrected chi connectivity index (χ4v) is 4.35. The van der Waals surface area contributed by atoms with Crippen molar-refractivity contribution in [2.75, 3.05) is 71.4 Å². The van der Waals surface area contributed by atoms with Gasteiger partial charge in [-0.3, -0.25) is 14.5 Å². The smallest absolute Gasteiger partial charge is 0.239 e. The summed E-state index contributed by atoms with van der Waals surface area (Å²) in [4.78, 5) is 21.9. The molecule has 2 aromatic carbocycles. The van der Waals surface area contributed by atoms with Gasteiger partial charge in [0.25, 0.3) is 0 Å². The van der Waals surface area contributed by atoms with Gasteiger partial charge in [-0.2, -0.15) is 5.10 Å². The number of carbonyl (C=O) groups is 1. The van der Waals surface area contributed by atoms with E-state index >= 15 is 0 Å². The number of likely N-dealkylation sites (N-methyl/N-ethyl adjacent to an activating group) is 2. The van der Waals surface area contributed by atoms with Crippen LogP contribution in [0.3, 0.4) is 0 Å². The summed E-state index contributed by atoms with van der Waals surface area (Å²) >= 11 is 0.